The molecular weight excluding hydrogens is 491 g/mol. The molecule has 1 aromatic rings. The summed E-state index contributed by atoms with van der Waals surface area (Å²) in [7, 11) is 0. The third kappa shape index (κ3) is 7.64. The summed E-state index contributed by atoms with van der Waals surface area (Å²) in [5.41, 5.74) is 0.362. The molecule has 8 heteroatoms. The van der Waals surface area contributed by atoms with Gasteiger partial charge in [0.2, 0.25) is 0 Å². The molecule has 3 rings (SSSR count). The fraction of sp³-hybridized carbons (Fsp3) is 0.667. The number of rotatable bonds is 7. The maximum atomic E-state index is 13.8. The zero-order valence-corrected chi connectivity index (χ0v) is 19.4. The number of nitrogens with zero attached hydrogens (tertiary/aromatic N) is 2. The molecule has 2 heterocycles. The summed E-state index contributed by atoms with van der Waals surface area (Å²) in [5, 5.41) is 3.30. The molecule has 0 aromatic heterocycles. The first-order chi connectivity index (χ1) is 13.7. The lowest BCUT2D eigenvalue weighted by Gasteiger charge is -2.34. The molecule has 1 atom stereocenters. The van der Waals surface area contributed by atoms with Crippen molar-refractivity contribution >= 4 is 29.9 Å². The molecule has 0 saturated carbocycles. The summed E-state index contributed by atoms with van der Waals surface area (Å²) in [4.78, 5) is 6.84. The normalized spacial score (nSPS) is 20.6. The SMILES string of the molecule is CCNC(=NCCc1cc(F)ccc1F)N1CCC(OCC2CCCO2)CC1.I. The molecule has 2 fully saturated rings. The molecule has 0 aliphatic carbocycles. The third-order valence-electron chi connectivity index (χ3n) is 5.27. The quantitative estimate of drug-likeness (QED) is 0.336. The average Bonchev–Trinajstić information content (AvgIpc) is 3.22. The summed E-state index contributed by atoms with van der Waals surface area (Å²) < 4.78 is 38.7. The summed E-state index contributed by atoms with van der Waals surface area (Å²) in [5.74, 6) is 0.0278. The number of hydrogen-bond donors (Lipinski definition) is 1. The second-order valence-corrected chi connectivity index (χ2v) is 7.38. The van der Waals surface area contributed by atoms with Crippen molar-refractivity contribution in [2.45, 2.75) is 51.2 Å². The molecule has 2 aliphatic heterocycles. The van der Waals surface area contributed by atoms with Crippen molar-refractivity contribution in [2.75, 3.05) is 39.4 Å². The number of nitrogens with one attached hydrogen (secondary N) is 1. The number of likely N-dealkylation sites (tertiary alicyclic amines) is 1. The van der Waals surface area contributed by atoms with Crippen LogP contribution in [-0.4, -0.2) is 62.5 Å². The van der Waals surface area contributed by atoms with Gasteiger partial charge in [0.05, 0.1) is 18.8 Å². The van der Waals surface area contributed by atoms with Crippen LogP contribution < -0.4 is 5.32 Å². The minimum atomic E-state index is -0.419. The molecule has 0 spiro atoms. The van der Waals surface area contributed by atoms with Crippen LogP contribution in [0.15, 0.2) is 23.2 Å². The van der Waals surface area contributed by atoms with Crippen LogP contribution in [0.5, 0.6) is 0 Å². The Kier molecular flexibility index (Phi) is 10.6. The zero-order chi connectivity index (χ0) is 19.8. The molecule has 164 valence electrons. The van der Waals surface area contributed by atoms with Gasteiger partial charge >= 0.3 is 0 Å². The Bertz CT molecular complexity index is 649. The van der Waals surface area contributed by atoms with Crippen molar-refractivity contribution in [3.8, 4) is 0 Å². The molecule has 5 nitrogen and oxygen atoms in total. The minimum absolute atomic E-state index is 0. The molecule has 0 bridgehead atoms. The monoisotopic (exact) mass is 523 g/mol. The molecule has 0 radical (unpaired) electrons. The van der Waals surface area contributed by atoms with Crippen LogP contribution in [0.25, 0.3) is 0 Å². The van der Waals surface area contributed by atoms with Crippen LogP contribution in [0, 0.1) is 11.6 Å². The smallest absolute Gasteiger partial charge is 0.193 e. The van der Waals surface area contributed by atoms with Gasteiger partial charge in [0, 0.05) is 32.8 Å². The highest BCUT2D eigenvalue weighted by molar-refractivity contribution is 14.0. The Morgan fingerprint density at radius 3 is 2.76 bits per heavy atom. The highest BCUT2D eigenvalue weighted by Crippen LogP contribution is 2.18. The summed E-state index contributed by atoms with van der Waals surface area (Å²) in [6, 6.07) is 3.55. The van der Waals surface area contributed by atoms with Crippen LogP contribution in [0.2, 0.25) is 0 Å². The molecule has 2 aliphatic rings. The van der Waals surface area contributed by atoms with Crippen LogP contribution >= 0.6 is 24.0 Å². The Labute approximate surface area is 189 Å². The average molecular weight is 523 g/mol. The van der Waals surface area contributed by atoms with E-state index in [1.807, 2.05) is 6.92 Å². The van der Waals surface area contributed by atoms with Crippen molar-refractivity contribution in [3.63, 3.8) is 0 Å². The largest absolute Gasteiger partial charge is 0.376 e. The molecular formula is C21H32F2IN3O2. The first kappa shape index (κ1) is 24.3. The van der Waals surface area contributed by atoms with E-state index in [0.717, 1.165) is 64.0 Å². The molecule has 1 aromatic carbocycles. The van der Waals surface area contributed by atoms with Gasteiger partial charge in [-0.05, 0) is 62.8 Å². The lowest BCUT2D eigenvalue weighted by atomic mass is 10.1. The van der Waals surface area contributed by atoms with Gasteiger partial charge in [-0.15, -0.1) is 24.0 Å². The highest BCUT2D eigenvalue weighted by Gasteiger charge is 2.24. The number of guanidine groups is 1. The predicted octanol–water partition coefficient (Wildman–Crippen LogP) is 3.75. The van der Waals surface area contributed by atoms with Gasteiger partial charge in [-0.25, -0.2) is 8.78 Å². The van der Waals surface area contributed by atoms with Crippen molar-refractivity contribution in [3.05, 3.63) is 35.4 Å². The van der Waals surface area contributed by atoms with Gasteiger partial charge in [-0.1, -0.05) is 0 Å². The summed E-state index contributed by atoms with van der Waals surface area (Å²) >= 11 is 0. The lowest BCUT2D eigenvalue weighted by molar-refractivity contribution is -0.0367. The number of halogens is 3. The van der Waals surface area contributed by atoms with E-state index in [4.69, 9.17) is 9.47 Å². The molecule has 0 amide bonds. The van der Waals surface area contributed by atoms with E-state index in [2.05, 4.69) is 15.2 Å². The summed E-state index contributed by atoms with van der Waals surface area (Å²) in [6.45, 7) is 6.50. The van der Waals surface area contributed by atoms with Gasteiger partial charge in [0.25, 0.3) is 0 Å². The highest BCUT2D eigenvalue weighted by atomic mass is 127. The molecule has 1 N–H and O–H groups in total. The van der Waals surface area contributed by atoms with E-state index in [1.54, 1.807) is 0 Å². The topological polar surface area (TPSA) is 46.1 Å². The van der Waals surface area contributed by atoms with E-state index >= 15 is 0 Å². The van der Waals surface area contributed by atoms with Gasteiger partial charge in [0.15, 0.2) is 5.96 Å². The first-order valence-corrected chi connectivity index (χ1v) is 10.4. The van der Waals surface area contributed by atoms with E-state index in [1.165, 1.54) is 12.1 Å². The number of hydrogen-bond acceptors (Lipinski definition) is 3. The Balaban J connectivity index is 0.00000300. The fourth-order valence-corrected chi connectivity index (χ4v) is 3.70. The van der Waals surface area contributed by atoms with Gasteiger partial charge in [-0.2, -0.15) is 0 Å². The van der Waals surface area contributed by atoms with Crippen molar-refractivity contribution < 1.29 is 18.3 Å². The molecule has 29 heavy (non-hydrogen) atoms. The third-order valence-corrected chi connectivity index (χ3v) is 5.27. The van der Waals surface area contributed by atoms with E-state index in [9.17, 15) is 8.78 Å². The Morgan fingerprint density at radius 2 is 2.07 bits per heavy atom. The number of piperidine rings is 1. The van der Waals surface area contributed by atoms with Crippen LogP contribution in [0.4, 0.5) is 8.78 Å². The number of aliphatic imine (C=N–C) groups is 1. The minimum Gasteiger partial charge on any atom is -0.376 e. The Morgan fingerprint density at radius 1 is 1.28 bits per heavy atom. The lowest BCUT2D eigenvalue weighted by Crippen LogP contribution is -2.47. The van der Waals surface area contributed by atoms with Gasteiger partial charge in [0.1, 0.15) is 11.6 Å². The predicted molar refractivity (Wildman–Crippen MR) is 121 cm³/mol. The van der Waals surface area contributed by atoms with Crippen molar-refractivity contribution in [2.24, 2.45) is 4.99 Å². The number of benzene rings is 1. The van der Waals surface area contributed by atoms with Crippen LogP contribution in [-0.2, 0) is 15.9 Å². The molecule has 2 saturated heterocycles. The summed E-state index contributed by atoms with van der Waals surface area (Å²) in [6.07, 6.45) is 5.05. The fourth-order valence-electron chi connectivity index (χ4n) is 3.70. The second kappa shape index (κ2) is 12.6. The maximum absolute atomic E-state index is 13.8. The Hall–Kier alpha value is -1.00. The van der Waals surface area contributed by atoms with E-state index in [-0.39, 0.29) is 42.0 Å². The zero-order valence-electron chi connectivity index (χ0n) is 17.0. The maximum Gasteiger partial charge on any atom is 0.193 e. The van der Waals surface area contributed by atoms with Crippen molar-refractivity contribution in [1.82, 2.24) is 10.2 Å². The molecule has 1 unspecified atom stereocenters. The van der Waals surface area contributed by atoms with Crippen molar-refractivity contribution in [1.29, 1.82) is 0 Å². The second-order valence-electron chi connectivity index (χ2n) is 7.38. The van der Waals surface area contributed by atoms with Gasteiger partial charge < -0.3 is 19.7 Å². The number of ether oxygens (including phenoxy) is 2. The van der Waals surface area contributed by atoms with Gasteiger partial charge in [-0.3, -0.25) is 4.99 Å². The van der Waals surface area contributed by atoms with Crippen LogP contribution in [0.3, 0.4) is 0 Å². The van der Waals surface area contributed by atoms with Crippen LogP contribution in [0.1, 0.15) is 38.2 Å². The first-order valence-electron chi connectivity index (χ1n) is 10.4. The van der Waals surface area contributed by atoms with E-state index < -0.39 is 5.82 Å². The standard InChI is InChI=1S/C21H31F2N3O2.HI/c1-2-24-21(25-10-7-16-14-17(22)5-6-20(16)23)26-11-8-18(9-12-26)28-15-19-4-3-13-27-19;/h5-6,14,18-19H,2-4,7-13,15H2,1H3,(H,24,25);1H. The van der Waals surface area contributed by atoms with E-state index in [0.29, 0.717) is 25.1 Å².